The minimum Gasteiger partial charge on any atom is -0.296 e. The first-order chi connectivity index (χ1) is 8.08. The summed E-state index contributed by atoms with van der Waals surface area (Å²) in [6, 6.07) is 4.52. The van der Waals surface area contributed by atoms with Gasteiger partial charge in [-0.15, -0.1) is 0 Å². The fourth-order valence-corrected chi connectivity index (χ4v) is 2.11. The molecule has 1 unspecified atom stereocenters. The van der Waals surface area contributed by atoms with E-state index in [1.165, 1.54) is 6.07 Å². The van der Waals surface area contributed by atoms with E-state index in [2.05, 4.69) is 5.32 Å². The van der Waals surface area contributed by atoms with Crippen LogP contribution < -0.4 is 5.32 Å². The highest BCUT2D eigenvalue weighted by atomic mass is 35.5. The van der Waals surface area contributed by atoms with Crippen molar-refractivity contribution in [3.63, 3.8) is 0 Å². The van der Waals surface area contributed by atoms with Crippen molar-refractivity contribution < 1.29 is 14.0 Å². The molecule has 5 heteroatoms. The van der Waals surface area contributed by atoms with E-state index in [1.807, 2.05) is 0 Å². The summed E-state index contributed by atoms with van der Waals surface area (Å²) in [6.45, 7) is 0. The summed E-state index contributed by atoms with van der Waals surface area (Å²) >= 11 is 5.82. The molecule has 2 amide bonds. The van der Waals surface area contributed by atoms with Gasteiger partial charge in [-0.3, -0.25) is 14.9 Å². The molecule has 0 saturated carbocycles. The zero-order valence-corrected chi connectivity index (χ0v) is 9.76. The second kappa shape index (κ2) is 4.84. The molecule has 2 rings (SSSR count). The normalized spacial score (nSPS) is 20.2. The average molecular weight is 256 g/mol. The van der Waals surface area contributed by atoms with Gasteiger partial charge in [0.1, 0.15) is 5.82 Å². The Morgan fingerprint density at radius 3 is 2.88 bits per heavy atom. The number of rotatable bonds is 2. The SMILES string of the molecule is O=C1CCC(Cc2cccc(F)c2Cl)C(=O)N1. The van der Waals surface area contributed by atoms with E-state index >= 15 is 0 Å². The van der Waals surface area contributed by atoms with E-state index in [9.17, 15) is 14.0 Å². The molecule has 1 fully saturated rings. The molecule has 0 aliphatic carbocycles. The minimum absolute atomic E-state index is 0.0530. The van der Waals surface area contributed by atoms with Crippen molar-refractivity contribution in [1.29, 1.82) is 0 Å². The molecule has 0 radical (unpaired) electrons. The van der Waals surface area contributed by atoms with Gasteiger partial charge < -0.3 is 0 Å². The van der Waals surface area contributed by atoms with Gasteiger partial charge in [0.05, 0.1) is 5.02 Å². The molecule has 90 valence electrons. The molecule has 17 heavy (non-hydrogen) atoms. The molecule has 1 saturated heterocycles. The predicted molar refractivity (Wildman–Crippen MR) is 61.0 cm³/mol. The van der Waals surface area contributed by atoms with Gasteiger partial charge in [-0.05, 0) is 24.5 Å². The smallest absolute Gasteiger partial charge is 0.230 e. The Kier molecular flexibility index (Phi) is 3.43. The van der Waals surface area contributed by atoms with Gasteiger partial charge in [-0.2, -0.15) is 0 Å². The topological polar surface area (TPSA) is 46.2 Å². The van der Waals surface area contributed by atoms with E-state index in [-0.39, 0.29) is 22.8 Å². The third kappa shape index (κ3) is 2.64. The van der Waals surface area contributed by atoms with Crippen molar-refractivity contribution in [3.05, 3.63) is 34.6 Å². The fourth-order valence-electron chi connectivity index (χ4n) is 1.90. The van der Waals surface area contributed by atoms with E-state index in [0.717, 1.165) is 0 Å². The molecule has 1 N–H and O–H groups in total. The van der Waals surface area contributed by atoms with Crippen LogP contribution >= 0.6 is 11.6 Å². The molecule has 0 spiro atoms. The average Bonchev–Trinajstić information content (AvgIpc) is 2.28. The van der Waals surface area contributed by atoms with Crippen LogP contribution in [-0.4, -0.2) is 11.8 Å². The number of halogens is 2. The van der Waals surface area contributed by atoms with Crippen molar-refractivity contribution in [3.8, 4) is 0 Å². The molecular weight excluding hydrogens is 245 g/mol. The Morgan fingerprint density at radius 1 is 1.41 bits per heavy atom. The maximum atomic E-state index is 13.2. The Labute approximate surface area is 103 Å². The predicted octanol–water partition coefficient (Wildman–Crippen LogP) is 2.07. The van der Waals surface area contributed by atoms with E-state index in [0.29, 0.717) is 24.8 Å². The summed E-state index contributed by atoms with van der Waals surface area (Å²) in [6.07, 6.45) is 1.16. The number of hydrogen-bond acceptors (Lipinski definition) is 2. The second-order valence-corrected chi connectivity index (χ2v) is 4.44. The monoisotopic (exact) mass is 255 g/mol. The van der Waals surface area contributed by atoms with Crippen LogP contribution in [0.1, 0.15) is 18.4 Å². The summed E-state index contributed by atoms with van der Waals surface area (Å²) in [7, 11) is 0. The first kappa shape index (κ1) is 12.0. The maximum Gasteiger partial charge on any atom is 0.230 e. The quantitative estimate of drug-likeness (QED) is 0.823. The first-order valence-electron chi connectivity index (χ1n) is 5.34. The number of imide groups is 1. The van der Waals surface area contributed by atoms with Crippen LogP contribution in [0.15, 0.2) is 18.2 Å². The van der Waals surface area contributed by atoms with Crippen LogP contribution in [-0.2, 0) is 16.0 Å². The van der Waals surface area contributed by atoms with Gasteiger partial charge in [0.25, 0.3) is 0 Å². The van der Waals surface area contributed by atoms with Crippen molar-refractivity contribution >= 4 is 23.4 Å². The molecule has 0 bridgehead atoms. The summed E-state index contributed by atoms with van der Waals surface area (Å²) in [5.74, 6) is -1.36. The lowest BCUT2D eigenvalue weighted by molar-refractivity contribution is -0.136. The molecular formula is C12H11ClFNO2. The largest absolute Gasteiger partial charge is 0.296 e. The third-order valence-corrected chi connectivity index (χ3v) is 3.27. The zero-order valence-electron chi connectivity index (χ0n) is 9.00. The molecule has 1 atom stereocenters. The fraction of sp³-hybridized carbons (Fsp3) is 0.333. The number of piperidine rings is 1. The lowest BCUT2D eigenvalue weighted by Crippen LogP contribution is -2.41. The Morgan fingerprint density at radius 2 is 2.18 bits per heavy atom. The van der Waals surface area contributed by atoms with Crippen LogP contribution in [0.3, 0.4) is 0 Å². The van der Waals surface area contributed by atoms with Crippen LogP contribution in [0.2, 0.25) is 5.02 Å². The van der Waals surface area contributed by atoms with E-state index in [4.69, 9.17) is 11.6 Å². The molecule has 0 aromatic heterocycles. The molecule has 1 aromatic rings. The number of amides is 2. The van der Waals surface area contributed by atoms with Crippen LogP contribution in [0.5, 0.6) is 0 Å². The zero-order chi connectivity index (χ0) is 12.4. The summed E-state index contributed by atoms with van der Waals surface area (Å²) in [5, 5.41) is 2.32. The van der Waals surface area contributed by atoms with Crippen LogP contribution in [0.25, 0.3) is 0 Å². The lowest BCUT2D eigenvalue weighted by atomic mass is 9.91. The molecule has 1 aromatic carbocycles. The highest BCUT2D eigenvalue weighted by Crippen LogP contribution is 2.25. The van der Waals surface area contributed by atoms with Crippen LogP contribution in [0.4, 0.5) is 4.39 Å². The Hall–Kier alpha value is -1.42. The highest BCUT2D eigenvalue weighted by Gasteiger charge is 2.27. The van der Waals surface area contributed by atoms with Gasteiger partial charge >= 0.3 is 0 Å². The molecule has 1 heterocycles. The highest BCUT2D eigenvalue weighted by molar-refractivity contribution is 6.31. The molecule has 1 aliphatic rings. The number of carbonyl (C=O) groups excluding carboxylic acids is 2. The Balaban J connectivity index is 2.13. The molecule has 1 aliphatic heterocycles. The summed E-state index contributed by atoms with van der Waals surface area (Å²) in [5.41, 5.74) is 0.598. The summed E-state index contributed by atoms with van der Waals surface area (Å²) in [4.78, 5) is 22.5. The van der Waals surface area contributed by atoms with Crippen LogP contribution in [0, 0.1) is 11.7 Å². The molecule has 3 nitrogen and oxygen atoms in total. The van der Waals surface area contributed by atoms with Crippen molar-refractivity contribution in [2.75, 3.05) is 0 Å². The maximum absolute atomic E-state index is 13.2. The van der Waals surface area contributed by atoms with Crippen molar-refractivity contribution in [2.24, 2.45) is 5.92 Å². The van der Waals surface area contributed by atoms with E-state index < -0.39 is 5.82 Å². The standard InChI is InChI=1S/C12H11ClFNO2/c13-11-7(2-1-3-9(11)14)6-8-4-5-10(16)15-12(8)17/h1-3,8H,4-6H2,(H,15,16,17). The van der Waals surface area contributed by atoms with Gasteiger partial charge in [0, 0.05) is 12.3 Å². The van der Waals surface area contributed by atoms with Gasteiger partial charge in [-0.1, -0.05) is 23.7 Å². The second-order valence-electron chi connectivity index (χ2n) is 4.07. The lowest BCUT2D eigenvalue weighted by Gasteiger charge is -2.21. The van der Waals surface area contributed by atoms with E-state index in [1.54, 1.807) is 12.1 Å². The van der Waals surface area contributed by atoms with Crippen molar-refractivity contribution in [2.45, 2.75) is 19.3 Å². The third-order valence-electron chi connectivity index (χ3n) is 2.85. The minimum atomic E-state index is -0.489. The summed E-state index contributed by atoms with van der Waals surface area (Å²) < 4.78 is 13.2. The Bertz CT molecular complexity index is 476. The number of nitrogens with one attached hydrogen (secondary N) is 1. The van der Waals surface area contributed by atoms with Gasteiger partial charge in [0.2, 0.25) is 11.8 Å². The number of benzene rings is 1. The van der Waals surface area contributed by atoms with Gasteiger partial charge in [0.15, 0.2) is 0 Å². The van der Waals surface area contributed by atoms with Crippen molar-refractivity contribution in [1.82, 2.24) is 5.32 Å². The number of carbonyl (C=O) groups is 2. The number of hydrogen-bond donors (Lipinski definition) is 1. The first-order valence-corrected chi connectivity index (χ1v) is 5.72. The van der Waals surface area contributed by atoms with Gasteiger partial charge in [-0.25, -0.2) is 4.39 Å².